The smallest absolute Gasteiger partial charge is 0.335 e. The highest BCUT2D eigenvalue weighted by Gasteiger charge is 2.23. The molecule has 0 unspecified atom stereocenters. The van der Waals surface area contributed by atoms with Crippen LogP contribution in [0.1, 0.15) is 10.4 Å². The maximum Gasteiger partial charge on any atom is 0.335 e. The molecule has 5 aromatic carbocycles. The van der Waals surface area contributed by atoms with E-state index in [0.29, 0.717) is 5.56 Å². The molecular formula is C31H24O2P2. The summed E-state index contributed by atoms with van der Waals surface area (Å²) in [6.07, 6.45) is 0. The monoisotopic (exact) mass is 490 g/mol. The first-order valence-electron chi connectivity index (χ1n) is 11.4. The van der Waals surface area contributed by atoms with Gasteiger partial charge in [-0.25, -0.2) is 4.79 Å². The molecule has 0 fully saturated rings. The van der Waals surface area contributed by atoms with Crippen LogP contribution < -0.4 is 31.8 Å². The minimum Gasteiger partial charge on any atom is -0.478 e. The first kappa shape index (κ1) is 23.2. The van der Waals surface area contributed by atoms with Gasteiger partial charge in [-0.15, -0.1) is 0 Å². The third-order valence-corrected chi connectivity index (χ3v) is 10.5. The number of carboxylic acids is 1. The van der Waals surface area contributed by atoms with Crippen LogP contribution in [0.25, 0.3) is 0 Å². The van der Waals surface area contributed by atoms with Gasteiger partial charge in [0, 0.05) is 0 Å². The lowest BCUT2D eigenvalue weighted by Gasteiger charge is -2.24. The van der Waals surface area contributed by atoms with Gasteiger partial charge >= 0.3 is 5.97 Å². The molecule has 0 heterocycles. The fourth-order valence-electron chi connectivity index (χ4n) is 4.18. The zero-order chi connectivity index (χ0) is 24.0. The van der Waals surface area contributed by atoms with Gasteiger partial charge in [0.2, 0.25) is 0 Å². The van der Waals surface area contributed by atoms with E-state index in [1.165, 1.54) is 21.2 Å². The summed E-state index contributed by atoms with van der Waals surface area (Å²) in [7, 11) is -1.84. The van der Waals surface area contributed by atoms with Crippen LogP contribution in [0.5, 0.6) is 0 Å². The average molecular weight is 490 g/mol. The Bertz CT molecular complexity index is 1230. The van der Waals surface area contributed by atoms with Crippen molar-refractivity contribution in [3.63, 3.8) is 0 Å². The van der Waals surface area contributed by atoms with Crippen molar-refractivity contribution in [3.8, 4) is 0 Å². The van der Waals surface area contributed by atoms with Crippen molar-refractivity contribution in [1.82, 2.24) is 0 Å². The molecule has 4 heteroatoms. The van der Waals surface area contributed by atoms with Crippen molar-refractivity contribution >= 4 is 53.6 Å². The first-order chi connectivity index (χ1) is 17.2. The molecule has 5 aromatic rings. The molecule has 0 aliphatic carbocycles. The van der Waals surface area contributed by atoms with Crippen LogP contribution in [0.4, 0.5) is 0 Å². The van der Waals surface area contributed by atoms with Crippen LogP contribution in [-0.2, 0) is 0 Å². The Labute approximate surface area is 208 Å². The molecular weight excluding hydrogens is 466 g/mol. The standard InChI is InChI=1S/C31H24O2P2/c32-31(33)24-21-29(34(25-13-5-1-6-14-25)26-15-7-2-8-16-26)23-30(22-24)35(27-17-9-3-10-18-27)28-19-11-4-12-20-28/h1-23H,(H,32,33). The van der Waals surface area contributed by atoms with Crippen LogP contribution in [0.15, 0.2) is 140 Å². The summed E-state index contributed by atoms with van der Waals surface area (Å²) in [5.74, 6) is -0.903. The second kappa shape index (κ2) is 10.8. The SMILES string of the molecule is O=C(O)c1cc(P(c2ccccc2)c2ccccc2)cc(P(c2ccccc2)c2ccccc2)c1. The molecule has 5 rings (SSSR count). The molecule has 0 amide bonds. The van der Waals surface area contributed by atoms with E-state index in [1.54, 1.807) is 0 Å². The van der Waals surface area contributed by atoms with Crippen molar-refractivity contribution in [2.24, 2.45) is 0 Å². The Hall–Kier alpha value is -3.57. The summed E-state index contributed by atoms with van der Waals surface area (Å²) in [6.45, 7) is 0. The summed E-state index contributed by atoms with van der Waals surface area (Å²) < 4.78 is 0. The van der Waals surface area contributed by atoms with Crippen molar-refractivity contribution in [2.45, 2.75) is 0 Å². The molecule has 0 saturated heterocycles. The number of hydrogen-bond donors (Lipinski definition) is 1. The van der Waals surface area contributed by atoms with Gasteiger partial charge in [-0.2, -0.15) is 0 Å². The van der Waals surface area contributed by atoms with Crippen molar-refractivity contribution in [2.75, 3.05) is 0 Å². The molecule has 0 saturated carbocycles. The fourth-order valence-corrected chi connectivity index (χ4v) is 9.02. The molecule has 0 spiro atoms. The Morgan fingerprint density at radius 3 is 0.971 bits per heavy atom. The Morgan fingerprint density at radius 2 is 0.714 bits per heavy atom. The number of rotatable bonds is 7. The maximum atomic E-state index is 12.3. The van der Waals surface area contributed by atoms with Crippen molar-refractivity contribution < 1.29 is 9.90 Å². The van der Waals surface area contributed by atoms with E-state index in [-0.39, 0.29) is 0 Å². The predicted octanol–water partition coefficient (Wildman–Crippen LogP) is 4.90. The van der Waals surface area contributed by atoms with E-state index < -0.39 is 21.8 Å². The number of carbonyl (C=O) groups is 1. The largest absolute Gasteiger partial charge is 0.478 e. The van der Waals surface area contributed by atoms with Gasteiger partial charge in [-0.05, 0) is 65.9 Å². The molecule has 0 radical (unpaired) electrons. The molecule has 1 N–H and O–H groups in total. The summed E-state index contributed by atoms with van der Waals surface area (Å²) in [6, 6.07) is 47.6. The van der Waals surface area contributed by atoms with Crippen LogP contribution in [0.3, 0.4) is 0 Å². The highest BCUT2D eigenvalue weighted by Crippen LogP contribution is 2.37. The van der Waals surface area contributed by atoms with E-state index in [2.05, 4.69) is 103 Å². The highest BCUT2D eigenvalue weighted by atomic mass is 31.1. The van der Waals surface area contributed by atoms with Crippen LogP contribution >= 0.6 is 15.8 Å². The fraction of sp³-hybridized carbons (Fsp3) is 0. The van der Waals surface area contributed by atoms with Gasteiger partial charge in [0.25, 0.3) is 0 Å². The summed E-state index contributed by atoms with van der Waals surface area (Å²) in [5.41, 5.74) is 0.330. The lowest BCUT2D eigenvalue weighted by atomic mass is 10.2. The van der Waals surface area contributed by atoms with E-state index >= 15 is 0 Å². The highest BCUT2D eigenvalue weighted by molar-refractivity contribution is 7.81. The van der Waals surface area contributed by atoms with Gasteiger partial charge in [-0.1, -0.05) is 121 Å². The quantitative estimate of drug-likeness (QED) is 0.330. The van der Waals surface area contributed by atoms with E-state index in [1.807, 2.05) is 36.4 Å². The molecule has 0 bridgehead atoms. The molecule has 0 aliphatic rings. The van der Waals surface area contributed by atoms with Crippen molar-refractivity contribution in [1.29, 1.82) is 0 Å². The number of benzene rings is 5. The maximum absolute atomic E-state index is 12.3. The van der Waals surface area contributed by atoms with Gasteiger partial charge in [0.15, 0.2) is 0 Å². The molecule has 35 heavy (non-hydrogen) atoms. The Kier molecular flexibility index (Phi) is 7.15. The average Bonchev–Trinajstić information content (AvgIpc) is 2.91. The zero-order valence-electron chi connectivity index (χ0n) is 19.0. The number of hydrogen-bond acceptors (Lipinski definition) is 1. The first-order valence-corrected chi connectivity index (χ1v) is 14.1. The summed E-state index contributed by atoms with van der Waals surface area (Å²) in [4.78, 5) is 12.3. The summed E-state index contributed by atoms with van der Waals surface area (Å²) in [5, 5.41) is 17.0. The normalized spacial score (nSPS) is 11.0. The van der Waals surface area contributed by atoms with E-state index in [4.69, 9.17) is 0 Å². The van der Waals surface area contributed by atoms with Crippen LogP contribution in [0.2, 0.25) is 0 Å². The van der Waals surface area contributed by atoms with Gasteiger partial charge in [-0.3, -0.25) is 0 Å². The topological polar surface area (TPSA) is 37.3 Å². The van der Waals surface area contributed by atoms with Gasteiger partial charge in [0.1, 0.15) is 0 Å². The zero-order valence-corrected chi connectivity index (χ0v) is 20.8. The lowest BCUT2D eigenvalue weighted by molar-refractivity contribution is 0.0697. The van der Waals surface area contributed by atoms with Crippen LogP contribution in [-0.4, -0.2) is 11.1 Å². The minimum absolute atomic E-state index is 0.330. The third-order valence-electron chi connectivity index (χ3n) is 5.72. The Morgan fingerprint density at radius 1 is 0.429 bits per heavy atom. The van der Waals surface area contributed by atoms with Crippen LogP contribution in [0, 0.1) is 0 Å². The molecule has 2 nitrogen and oxygen atoms in total. The second-order valence-corrected chi connectivity index (χ2v) is 12.5. The molecule has 0 aromatic heterocycles. The lowest BCUT2D eigenvalue weighted by Crippen LogP contribution is -2.27. The molecule has 170 valence electrons. The number of aromatic carboxylic acids is 1. The summed E-state index contributed by atoms with van der Waals surface area (Å²) >= 11 is 0. The Balaban J connectivity index is 1.74. The molecule has 0 atom stereocenters. The second-order valence-electron chi connectivity index (χ2n) is 8.06. The third kappa shape index (κ3) is 5.25. The minimum atomic E-state index is -0.919. The van der Waals surface area contributed by atoms with Crippen molar-refractivity contribution in [3.05, 3.63) is 145 Å². The molecule has 0 aliphatic heterocycles. The van der Waals surface area contributed by atoms with E-state index in [0.717, 1.165) is 10.6 Å². The van der Waals surface area contributed by atoms with Gasteiger partial charge in [0.05, 0.1) is 5.56 Å². The van der Waals surface area contributed by atoms with Gasteiger partial charge < -0.3 is 5.11 Å². The number of carboxylic acid groups (broad SMARTS) is 1. The predicted molar refractivity (Wildman–Crippen MR) is 151 cm³/mol. The van der Waals surface area contributed by atoms with E-state index in [9.17, 15) is 9.90 Å².